The van der Waals surface area contributed by atoms with Crippen LogP contribution in [0.3, 0.4) is 0 Å². The first-order valence-electron chi connectivity index (χ1n) is 4.71. The molecule has 0 bridgehead atoms. The number of halogens is 3. The summed E-state index contributed by atoms with van der Waals surface area (Å²) in [6, 6.07) is 3.12. The lowest BCUT2D eigenvalue weighted by atomic mass is 10.1. The summed E-state index contributed by atoms with van der Waals surface area (Å²) in [5.74, 6) is 1.94. The predicted octanol–water partition coefficient (Wildman–Crippen LogP) is 2.92. The van der Waals surface area contributed by atoms with Crippen LogP contribution >= 0.6 is 0 Å². The molecule has 1 aromatic rings. The summed E-state index contributed by atoms with van der Waals surface area (Å²) in [6.07, 6.45) is 0.961. The lowest BCUT2D eigenvalue weighted by molar-refractivity contribution is -0.138. The first-order chi connectivity index (χ1) is 7.99. The molecule has 2 nitrogen and oxygen atoms in total. The topological polar surface area (TPSA) is 26.3 Å². The van der Waals surface area contributed by atoms with Crippen LogP contribution in [0, 0.1) is 12.3 Å². The second kappa shape index (κ2) is 5.39. The summed E-state index contributed by atoms with van der Waals surface area (Å²) in [5.41, 5.74) is -1.03. The van der Waals surface area contributed by atoms with Gasteiger partial charge in [0.15, 0.2) is 0 Å². The van der Waals surface area contributed by atoms with E-state index < -0.39 is 11.7 Å². The third-order valence-electron chi connectivity index (χ3n) is 1.95. The van der Waals surface area contributed by atoms with Gasteiger partial charge >= 0.3 is 6.18 Å². The molecule has 5 heteroatoms. The Bertz CT molecular complexity index is 444. The number of carbonyl (C=O) groups is 1. The number of carbonyl (C=O) groups excluding carboxylic acids is 1. The van der Waals surface area contributed by atoms with Crippen molar-refractivity contribution in [3.05, 3.63) is 29.3 Å². The van der Waals surface area contributed by atoms with Gasteiger partial charge in [-0.3, -0.25) is 4.79 Å². The van der Waals surface area contributed by atoms with Crippen molar-refractivity contribution < 1.29 is 22.7 Å². The SMILES string of the molecule is C#CCCOc1ccc(C=O)cc1C(F)(F)F. The first-order valence-corrected chi connectivity index (χ1v) is 4.71. The molecule has 0 aromatic heterocycles. The summed E-state index contributed by atoms with van der Waals surface area (Å²) in [6.45, 7) is 0.0000158. The van der Waals surface area contributed by atoms with Gasteiger partial charge in [0, 0.05) is 12.0 Å². The zero-order valence-electron chi connectivity index (χ0n) is 8.75. The number of alkyl halides is 3. The van der Waals surface area contributed by atoms with E-state index in [9.17, 15) is 18.0 Å². The van der Waals surface area contributed by atoms with E-state index in [1.54, 1.807) is 0 Å². The van der Waals surface area contributed by atoms with Crippen molar-refractivity contribution in [2.24, 2.45) is 0 Å². The molecule has 0 fully saturated rings. The van der Waals surface area contributed by atoms with Crippen molar-refractivity contribution in [3.8, 4) is 18.1 Å². The van der Waals surface area contributed by atoms with E-state index in [1.807, 2.05) is 0 Å². The van der Waals surface area contributed by atoms with Gasteiger partial charge in [-0.25, -0.2) is 0 Å². The molecule has 17 heavy (non-hydrogen) atoms. The monoisotopic (exact) mass is 242 g/mol. The highest BCUT2D eigenvalue weighted by Gasteiger charge is 2.34. The Labute approximate surface area is 96.4 Å². The smallest absolute Gasteiger partial charge is 0.419 e. The molecular formula is C12H9F3O2. The van der Waals surface area contributed by atoms with Gasteiger partial charge in [-0.1, -0.05) is 0 Å². The molecular weight excluding hydrogens is 233 g/mol. The van der Waals surface area contributed by atoms with Gasteiger partial charge in [0.2, 0.25) is 0 Å². The lowest BCUT2D eigenvalue weighted by Crippen LogP contribution is -2.10. The van der Waals surface area contributed by atoms with Crippen LogP contribution in [-0.2, 0) is 6.18 Å². The number of rotatable bonds is 4. The van der Waals surface area contributed by atoms with Crippen LogP contribution in [0.4, 0.5) is 13.2 Å². The molecule has 0 saturated carbocycles. The van der Waals surface area contributed by atoms with Crippen molar-refractivity contribution in [3.63, 3.8) is 0 Å². The van der Waals surface area contributed by atoms with Crippen LogP contribution in [0.15, 0.2) is 18.2 Å². The van der Waals surface area contributed by atoms with E-state index >= 15 is 0 Å². The molecule has 1 aromatic carbocycles. The number of hydrogen-bond donors (Lipinski definition) is 0. The minimum Gasteiger partial charge on any atom is -0.492 e. The molecule has 0 heterocycles. The molecule has 0 N–H and O–H groups in total. The van der Waals surface area contributed by atoms with E-state index in [0.29, 0.717) is 6.29 Å². The lowest BCUT2D eigenvalue weighted by Gasteiger charge is -2.13. The van der Waals surface area contributed by atoms with Gasteiger partial charge in [0.05, 0.1) is 12.2 Å². The van der Waals surface area contributed by atoms with Crippen LogP contribution < -0.4 is 4.74 Å². The molecule has 0 aliphatic heterocycles. The van der Waals surface area contributed by atoms with Crippen LogP contribution in [-0.4, -0.2) is 12.9 Å². The van der Waals surface area contributed by atoms with Crippen molar-refractivity contribution in [2.75, 3.05) is 6.61 Å². The predicted molar refractivity (Wildman–Crippen MR) is 55.8 cm³/mol. The highest BCUT2D eigenvalue weighted by atomic mass is 19.4. The van der Waals surface area contributed by atoms with E-state index in [1.165, 1.54) is 6.07 Å². The standard InChI is InChI=1S/C12H9F3O2/c1-2-3-6-17-11-5-4-9(8-16)7-10(11)12(13,14)15/h1,4-5,7-8H,3,6H2. The van der Waals surface area contributed by atoms with E-state index in [4.69, 9.17) is 11.2 Å². The zero-order valence-corrected chi connectivity index (χ0v) is 8.75. The number of ether oxygens (including phenoxy) is 1. The normalized spacial score (nSPS) is 10.7. The second-order valence-corrected chi connectivity index (χ2v) is 3.17. The molecule has 1 rings (SSSR count). The fourth-order valence-corrected chi connectivity index (χ4v) is 1.19. The second-order valence-electron chi connectivity index (χ2n) is 3.17. The highest BCUT2D eigenvalue weighted by Crippen LogP contribution is 2.36. The zero-order chi connectivity index (χ0) is 12.9. The first kappa shape index (κ1) is 13.1. The average molecular weight is 242 g/mol. The van der Waals surface area contributed by atoms with Gasteiger partial charge in [0.25, 0.3) is 0 Å². The Morgan fingerprint density at radius 1 is 1.41 bits per heavy atom. The molecule has 0 aliphatic carbocycles. The summed E-state index contributed by atoms with van der Waals surface area (Å²) >= 11 is 0. The number of benzene rings is 1. The largest absolute Gasteiger partial charge is 0.492 e. The fraction of sp³-hybridized carbons (Fsp3) is 0.250. The van der Waals surface area contributed by atoms with Gasteiger partial charge in [-0.2, -0.15) is 13.2 Å². The molecule has 0 unspecified atom stereocenters. The van der Waals surface area contributed by atoms with E-state index in [-0.39, 0.29) is 24.3 Å². The maximum atomic E-state index is 12.6. The Morgan fingerprint density at radius 2 is 2.12 bits per heavy atom. The molecule has 0 saturated heterocycles. The number of aldehydes is 1. The minimum absolute atomic E-state index is 0.0000158. The van der Waals surface area contributed by atoms with Gasteiger partial charge < -0.3 is 4.74 Å². The summed E-state index contributed by atoms with van der Waals surface area (Å²) in [5, 5.41) is 0. The van der Waals surface area contributed by atoms with Crippen LogP contribution in [0.1, 0.15) is 22.3 Å². The number of terminal acetylenes is 1. The minimum atomic E-state index is -4.56. The molecule has 90 valence electrons. The molecule has 0 atom stereocenters. The average Bonchev–Trinajstić information content (AvgIpc) is 2.28. The fourth-order valence-electron chi connectivity index (χ4n) is 1.19. The van der Waals surface area contributed by atoms with Gasteiger partial charge in [0.1, 0.15) is 12.0 Å². The molecule has 0 radical (unpaired) electrons. The van der Waals surface area contributed by atoms with Crippen molar-refractivity contribution in [1.82, 2.24) is 0 Å². The van der Waals surface area contributed by atoms with E-state index in [0.717, 1.165) is 12.1 Å². The van der Waals surface area contributed by atoms with Crippen LogP contribution in [0.5, 0.6) is 5.75 Å². The Morgan fingerprint density at radius 3 is 2.65 bits per heavy atom. The molecule has 0 spiro atoms. The maximum Gasteiger partial charge on any atom is 0.419 e. The van der Waals surface area contributed by atoms with Gasteiger partial charge in [-0.05, 0) is 18.2 Å². The van der Waals surface area contributed by atoms with Gasteiger partial charge in [-0.15, -0.1) is 12.3 Å². The summed E-state index contributed by atoms with van der Waals surface area (Å²) < 4.78 is 42.8. The molecule has 0 amide bonds. The third kappa shape index (κ3) is 3.52. The van der Waals surface area contributed by atoms with E-state index in [2.05, 4.69) is 5.92 Å². The highest BCUT2D eigenvalue weighted by molar-refractivity contribution is 5.75. The summed E-state index contributed by atoms with van der Waals surface area (Å²) in [7, 11) is 0. The quantitative estimate of drug-likeness (QED) is 0.461. The van der Waals surface area contributed by atoms with Crippen LogP contribution in [0.25, 0.3) is 0 Å². The van der Waals surface area contributed by atoms with Crippen molar-refractivity contribution in [2.45, 2.75) is 12.6 Å². The van der Waals surface area contributed by atoms with Crippen molar-refractivity contribution in [1.29, 1.82) is 0 Å². The Balaban J connectivity index is 3.03. The van der Waals surface area contributed by atoms with Crippen molar-refractivity contribution >= 4 is 6.29 Å². The molecule has 0 aliphatic rings. The van der Waals surface area contributed by atoms with Crippen LogP contribution in [0.2, 0.25) is 0 Å². The number of hydrogen-bond acceptors (Lipinski definition) is 2. The third-order valence-corrected chi connectivity index (χ3v) is 1.95. The Kier molecular flexibility index (Phi) is 4.16. The maximum absolute atomic E-state index is 12.6. The summed E-state index contributed by atoms with van der Waals surface area (Å²) in [4.78, 5) is 10.4. The Hall–Kier alpha value is -1.96.